The second kappa shape index (κ2) is 6.76. The van der Waals surface area contributed by atoms with Gasteiger partial charge in [-0.2, -0.15) is 0 Å². The van der Waals surface area contributed by atoms with E-state index in [9.17, 15) is 15.0 Å². The standard InChI is InChI=1S/C14H18N2O3/c1-4-6-13(18)16(5-2)8-12-11(9-17)7-15-10(3)14(12)19/h7,17,19H,5,8-9H2,1-3H3. The Morgan fingerprint density at radius 2 is 2.21 bits per heavy atom. The lowest BCUT2D eigenvalue weighted by Gasteiger charge is -2.20. The van der Waals surface area contributed by atoms with Crippen molar-refractivity contribution < 1.29 is 15.0 Å². The number of aromatic nitrogens is 1. The van der Waals surface area contributed by atoms with E-state index in [1.165, 1.54) is 11.1 Å². The summed E-state index contributed by atoms with van der Waals surface area (Å²) in [6.07, 6.45) is 1.51. The van der Waals surface area contributed by atoms with Crippen molar-refractivity contribution in [3.63, 3.8) is 0 Å². The minimum absolute atomic E-state index is 0.0160. The number of aliphatic hydroxyl groups is 1. The zero-order valence-corrected chi connectivity index (χ0v) is 11.4. The molecule has 102 valence electrons. The van der Waals surface area contributed by atoms with Gasteiger partial charge in [0.15, 0.2) is 0 Å². The maximum Gasteiger partial charge on any atom is 0.298 e. The highest BCUT2D eigenvalue weighted by Gasteiger charge is 2.17. The van der Waals surface area contributed by atoms with E-state index in [1.807, 2.05) is 6.92 Å². The molecule has 1 aromatic heterocycles. The molecule has 0 spiro atoms. The molecule has 0 radical (unpaired) electrons. The van der Waals surface area contributed by atoms with E-state index in [-0.39, 0.29) is 24.8 Å². The Morgan fingerprint density at radius 3 is 2.74 bits per heavy atom. The van der Waals surface area contributed by atoms with Gasteiger partial charge in [-0.05, 0) is 26.7 Å². The summed E-state index contributed by atoms with van der Waals surface area (Å²) in [6, 6.07) is 0. The quantitative estimate of drug-likeness (QED) is 0.793. The number of carbonyl (C=O) groups excluding carboxylic acids is 1. The number of amides is 1. The highest BCUT2D eigenvalue weighted by molar-refractivity contribution is 5.93. The van der Waals surface area contributed by atoms with E-state index in [1.54, 1.807) is 13.8 Å². The number of hydrogen-bond acceptors (Lipinski definition) is 4. The van der Waals surface area contributed by atoms with Crippen LogP contribution in [-0.2, 0) is 17.9 Å². The number of pyridine rings is 1. The fourth-order valence-corrected chi connectivity index (χ4v) is 1.70. The van der Waals surface area contributed by atoms with Crippen LogP contribution in [0.25, 0.3) is 0 Å². The predicted octanol–water partition coefficient (Wildman–Crippen LogP) is 0.960. The molecule has 1 heterocycles. The number of aromatic hydroxyl groups is 1. The van der Waals surface area contributed by atoms with Crippen molar-refractivity contribution in [2.75, 3.05) is 6.54 Å². The molecular formula is C14H18N2O3. The molecule has 1 rings (SSSR count). The number of hydrogen-bond donors (Lipinski definition) is 2. The van der Waals surface area contributed by atoms with Crippen molar-refractivity contribution in [3.8, 4) is 17.6 Å². The minimum atomic E-state index is -0.303. The van der Waals surface area contributed by atoms with Gasteiger partial charge < -0.3 is 15.1 Å². The van der Waals surface area contributed by atoms with E-state index in [2.05, 4.69) is 16.8 Å². The van der Waals surface area contributed by atoms with Crippen LogP contribution in [-0.4, -0.2) is 32.5 Å². The van der Waals surface area contributed by atoms with Gasteiger partial charge >= 0.3 is 0 Å². The molecule has 1 amide bonds. The van der Waals surface area contributed by atoms with Crippen molar-refractivity contribution >= 4 is 5.91 Å². The summed E-state index contributed by atoms with van der Waals surface area (Å²) < 4.78 is 0. The normalized spacial score (nSPS) is 9.68. The van der Waals surface area contributed by atoms with Gasteiger partial charge in [-0.1, -0.05) is 5.92 Å². The molecule has 5 nitrogen and oxygen atoms in total. The molecule has 0 unspecified atom stereocenters. The molecule has 0 saturated carbocycles. The van der Waals surface area contributed by atoms with Crippen LogP contribution in [0.1, 0.15) is 30.7 Å². The molecule has 0 aliphatic rings. The van der Waals surface area contributed by atoms with Crippen molar-refractivity contribution in [3.05, 3.63) is 23.0 Å². The lowest BCUT2D eigenvalue weighted by molar-refractivity contribution is -0.125. The lowest BCUT2D eigenvalue weighted by Crippen LogP contribution is -2.29. The van der Waals surface area contributed by atoms with Crippen molar-refractivity contribution in [2.45, 2.75) is 33.9 Å². The molecule has 0 aliphatic carbocycles. The number of aliphatic hydroxyl groups excluding tert-OH is 1. The number of rotatable bonds is 4. The van der Waals surface area contributed by atoms with Gasteiger partial charge in [-0.25, -0.2) is 0 Å². The Bertz CT molecular complexity index is 529. The zero-order chi connectivity index (χ0) is 14.4. The molecule has 0 saturated heterocycles. The van der Waals surface area contributed by atoms with E-state index in [4.69, 9.17) is 0 Å². The van der Waals surface area contributed by atoms with Crippen LogP contribution in [0.15, 0.2) is 6.20 Å². The molecule has 1 aromatic rings. The van der Waals surface area contributed by atoms with Gasteiger partial charge in [0.2, 0.25) is 0 Å². The smallest absolute Gasteiger partial charge is 0.298 e. The van der Waals surface area contributed by atoms with Crippen LogP contribution < -0.4 is 0 Å². The molecule has 2 N–H and O–H groups in total. The highest BCUT2D eigenvalue weighted by Crippen LogP contribution is 2.25. The summed E-state index contributed by atoms with van der Waals surface area (Å²) in [6.45, 7) is 5.54. The van der Waals surface area contributed by atoms with Gasteiger partial charge in [0, 0.05) is 23.9 Å². The second-order valence-corrected chi connectivity index (χ2v) is 4.05. The SMILES string of the molecule is CC#CC(=O)N(CC)Cc1c(CO)cnc(C)c1O. The van der Waals surface area contributed by atoms with Crippen LogP contribution in [0.2, 0.25) is 0 Å². The maximum absolute atomic E-state index is 11.8. The Morgan fingerprint density at radius 1 is 1.53 bits per heavy atom. The Balaban J connectivity index is 3.11. The molecule has 0 atom stereocenters. The Hall–Kier alpha value is -2.06. The number of nitrogens with zero attached hydrogens (tertiary/aromatic N) is 2. The Labute approximate surface area is 112 Å². The molecule has 0 fully saturated rings. The molecule has 0 aromatic carbocycles. The first-order chi connectivity index (χ1) is 9.04. The van der Waals surface area contributed by atoms with Gasteiger partial charge in [-0.3, -0.25) is 9.78 Å². The summed E-state index contributed by atoms with van der Waals surface area (Å²) in [5, 5.41) is 19.3. The van der Waals surface area contributed by atoms with Gasteiger partial charge in [0.1, 0.15) is 5.75 Å². The van der Waals surface area contributed by atoms with E-state index in [0.29, 0.717) is 23.4 Å². The minimum Gasteiger partial charge on any atom is -0.506 e. The zero-order valence-electron chi connectivity index (χ0n) is 11.4. The van der Waals surface area contributed by atoms with Crippen LogP contribution in [0.3, 0.4) is 0 Å². The highest BCUT2D eigenvalue weighted by atomic mass is 16.3. The van der Waals surface area contributed by atoms with Gasteiger partial charge in [-0.15, -0.1) is 0 Å². The molecular weight excluding hydrogens is 244 g/mol. The van der Waals surface area contributed by atoms with Crippen LogP contribution in [0, 0.1) is 18.8 Å². The third kappa shape index (κ3) is 3.46. The fourth-order valence-electron chi connectivity index (χ4n) is 1.70. The maximum atomic E-state index is 11.8. The first-order valence-electron chi connectivity index (χ1n) is 6.03. The third-order valence-electron chi connectivity index (χ3n) is 2.85. The monoisotopic (exact) mass is 262 g/mol. The summed E-state index contributed by atoms with van der Waals surface area (Å²) in [5.74, 6) is 4.74. The summed E-state index contributed by atoms with van der Waals surface area (Å²) in [5.41, 5.74) is 1.50. The summed E-state index contributed by atoms with van der Waals surface area (Å²) in [4.78, 5) is 17.3. The summed E-state index contributed by atoms with van der Waals surface area (Å²) >= 11 is 0. The second-order valence-electron chi connectivity index (χ2n) is 4.05. The van der Waals surface area contributed by atoms with Crippen molar-refractivity contribution in [2.24, 2.45) is 0 Å². The molecule has 0 aliphatic heterocycles. The predicted molar refractivity (Wildman–Crippen MR) is 71.1 cm³/mol. The van der Waals surface area contributed by atoms with Crippen molar-refractivity contribution in [1.29, 1.82) is 0 Å². The van der Waals surface area contributed by atoms with E-state index in [0.717, 1.165) is 0 Å². The van der Waals surface area contributed by atoms with Gasteiger partial charge in [0.05, 0.1) is 18.8 Å². The van der Waals surface area contributed by atoms with Crippen LogP contribution >= 0.6 is 0 Å². The molecule has 19 heavy (non-hydrogen) atoms. The summed E-state index contributed by atoms with van der Waals surface area (Å²) in [7, 11) is 0. The average Bonchev–Trinajstić information content (AvgIpc) is 2.40. The topological polar surface area (TPSA) is 73.7 Å². The molecule has 0 bridgehead atoms. The van der Waals surface area contributed by atoms with Crippen LogP contribution in [0.5, 0.6) is 5.75 Å². The first-order valence-corrected chi connectivity index (χ1v) is 6.03. The largest absolute Gasteiger partial charge is 0.506 e. The Kier molecular flexibility index (Phi) is 5.34. The number of carbonyl (C=O) groups is 1. The van der Waals surface area contributed by atoms with Crippen molar-refractivity contribution in [1.82, 2.24) is 9.88 Å². The number of aryl methyl sites for hydroxylation is 1. The molecule has 5 heteroatoms. The van der Waals surface area contributed by atoms with Gasteiger partial charge in [0.25, 0.3) is 5.91 Å². The van der Waals surface area contributed by atoms with Crippen LogP contribution in [0.4, 0.5) is 0 Å². The third-order valence-corrected chi connectivity index (χ3v) is 2.85. The van der Waals surface area contributed by atoms with E-state index < -0.39 is 0 Å². The first kappa shape index (κ1) is 15.0. The average molecular weight is 262 g/mol. The van der Waals surface area contributed by atoms with E-state index >= 15 is 0 Å². The lowest BCUT2D eigenvalue weighted by atomic mass is 10.1. The fraction of sp³-hybridized carbons (Fsp3) is 0.429.